The first-order valence-electron chi connectivity index (χ1n) is 6.31. The van der Waals surface area contributed by atoms with Crippen molar-refractivity contribution in [1.82, 2.24) is 10.2 Å². The molecule has 1 aliphatic rings. The Bertz CT molecular complexity index is 230. The zero-order valence-electron chi connectivity index (χ0n) is 10.8. The van der Waals surface area contributed by atoms with Crippen molar-refractivity contribution in [3.8, 4) is 0 Å². The molecule has 2 unspecified atom stereocenters. The lowest BCUT2D eigenvalue weighted by atomic mass is 10.1. The van der Waals surface area contributed by atoms with E-state index in [4.69, 9.17) is 9.84 Å². The van der Waals surface area contributed by atoms with Crippen LogP contribution in [0.15, 0.2) is 0 Å². The number of carboxylic acids is 1. The topological polar surface area (TPSA) is 61.8 Å². The normalized spacial score (nSPS) is 21.9. The number of aliphatic carboxylic acids is 1. The zero-order valence-corrected chi connectivity index (χ0v) is 10.8. The first-order chi connectivity index (χ1) is 8.13. The summed E-state index contributed by atoms with van der Waals surface area (Å²) in [5.74, 6) is -1.06. The fourth-order valence-corrected chi connectivity index (χ4v) is 2.17. The molecule has 0 amide bonds. The average molecular weight is 244 g/mol. The van der Waals surface area contributed by atoms with Gasteiger partial charge < -0.3 is 15.2 Å². The molecule has 0 aromatic heterocycles. The molecule has 0 aliphatic carbocycles. The van der Waals surface area contributed by atoms with Crippen molar-refractivity contribution in [2.24, 2.45) is 5.92 Å². The maximum atomic E-state index is 10.9. The van der Waals surface area contributed by atoms with Crippen molar-refractivity contribution in [3.63, 3.8) is 0 Å². The number of carboxylic acid groups (broad SMARTS) is 1. The van der Waals surface area contributed by atoms with Crippen LogP contribution in [-0.4, -0.2) is 61.9 Å². The van der Waals surface area contributed by atoms with Gasteiger partial charge in [-0.2, -0.15) is 0 Å². The number of nitrogens with one attached hydrogen (secondary N) is 1. The Morgan fingerprint density at radius 1 is 1.65 bits per heavy atom. The largest absolute Gasteiger partial charge is 0.481 e. The van der Waals surface area contributed by atoms with Crippen LogP contribution in [-0.2, 0) is 9.53 Å². The van der Waals surface area contributed by atoms with Crippen molar-refractivity contribution in [3.05, 3.63) is 0 Å². The number of nitrogens with zero attached hydrogens (tertiary/aromatic N) is 1. The van der Waals surface area contributed by atoms with Crippen LogP contribution in [0.1, 0.15) is 19.8 Å². The Morgan fingerprint density at radius 3 is 2.94 bits per heavy atom. The maximum Gasteiger partial charge on any atom is 0.307 e. The first-order valence-corrected chi connectivity index (χ1v) is 6.31. The van der Waals surface area contributed by atoms with E-state index in [2.05, 4.69) is 10.2 Å². The maximum absolute atomic E-state index is 10.9. The molecule has 0 bridgehead atoms. The summed E-state index contributed by atoms with van der Waals surface area (Å²) >= 11 is 0. The third-order valence-electron chi connectivity index (χ3n) is 3.21. The van der Waals surface area contributed by atoms with Crippen molar-refractivity contribution in [2.75, 3.05) is 39.9 Å². The van der Waals surface area contributed by atoms with Gasteiger partial charge in [0.25, 0.3) is 0 Å². The minimum Gasteiger partial charge on any atom is -0.481 e. The lowest BCUT2D eigenvalue weighted by Crippen LogP contribution is -2.42. The molecule has 1 heterocycles. The molecule has 5 nitrogen and oxygen atoms in total. The van der Waals surface area contributed by atoms with Gasteiger partial charge in [0.05, 0.1) is 12.5 Å². The molecular weight excluding hydrogens is 220 g/mol. The van der Waals surface area contributed by atoms with Crippen LogP contribution in [0.5, 0.6) is 0 Å². The van der Waals surface area contributed by atoms with Gasteiger partial charge in [-0.1, -0.05) is 6.92 Å². The van der Waals surface area contributed by atoms with Crippen LogP contribution in [0.25, 0.3) is 0 Å². The highest BCUT2D eigenvalue weighted by molar-refractivity contribution is 5.69. The van der Waals surface area contributed by atoms with Crippen molar-refractivity contribution in [2.45, 2.75) is 25.8 Å². The Labute approximate surface area is 103 Å². The van der Waals surface area contributed by atoms with E-state index in [0.717, 1.165) is 19.6 Å². The number of hydrogen-bond acceptors (Lipinski definition) is 4. The molecule has 0 saturated carbocycles. The van der Waals surface area contributed by atoms with Gasteiger partial charge in [-0.3, -0.25) is 9.69 Å². The SMILES string of the molecule is COCCN(CC1CCCN1)CC(C)C(=O)O. The van der Waals surface area contributed by atoms with Gasteiger partial charge in [-0.05, 0) is 19.4 Å². The molecule has 2 atom stereocenters. The van der Waals surface area contributed by atoms with E-state index in [1.54, 1.807) is 14.0 Å². The Hall–Kier alpha value is -0.650. The lowest BCUT2D eigenvalue weighted by molar-refractivity contribution is -0.141. The first kappa shape index (κ1) is 14.4. The minimum atomic E-state index is -0.730. The smallest absolute Gasteiger partial charge is 0.307 e. The number of ether oxygens (including phenoxy) is 1. The van der Waals surface area contributed by atoms with E-state index in [9.17, 15) is 4.79 Å². The summed E-state index contributed by atoms with van der Waals surface area (Å²) in [6.45, 7) is 5.80. The molecule has 5 heteroatoms. The van der Waals surface area contributed by atoms with Crippen molar-refractivity contribution in [1.29, 1.82) is 0 Å². The molecule has 0 spiro atoms. The van der Waals surface area contributed by atoms with E-state index in [0.29, 0.717) is 19.2 Å². The Balaban J connectivity index is 2.38. The number of hydrogen-bond donors (Lipinski definition) is 2. The molecule has 0 radical (unpaired) electrons. The molecule has 1 fully saturated rings. The van der Waals surface area contributed by atoms with Crippen LogP contribution >= 0.6 is 0 Å². The van der Waals surface area contributed by atoms with Crippen LogP contribution < -0.4 is 5.32 Å². The third-order valence-corrected chi connectivity index (χ3v) is 3.21. The predicted octanol–water partition coefficient (Wildman–Crippen LogP) is 0.408. The van der Waals surface area contributed by atoms with Crippen LogP contribution in [0.3, 0.4) is 0 Å². The van der Waals surface area contributed by atoms with Crippen LogP contribution in [0.2, 0.25) is 0 Å². The molecule has 2 N–H and O–H groups in total. The van der Waals surface area contributed by atoms with E-state index in [1.165, 1.54) is 12.8 Å². The standard InChI is InChI=1S/C12H24N2O3/c1-10(12(15)16)8-14(6-7-17-2)9-11-4-3-5-13-11/h10-11,13H,3-9H2,1-2H3,(H,15,16). The van der Waals surface area contributed by atoms with Gasteiger partial charge in [-0.15, -0.1) is 0 Å². The number of rotatable bonds is 8. The zero-order chi connectivity index (χ0) is 12.7. The molecule has 0 aromatic rings. The van der Waals surface area contributed by atoms with E-state index in [1.807, 2.05) is 0 Å². The highest BCUT2D eigenvalue weighted by atomic mass is 16.5. The predicted molar refractivity (Wildman–Crippen MR) is 66.1 cm³/mol. The molecule has 17 heavy (non-hydrogen) atoms. The summed E-state index contributed by atoms with van der Waals surface area (Å²) in [7, 11) is 1.67. The van der Waals surface area contributed by atoms with E-state index >= 15 is 0 Å². The monoisotopic (exact) mass is 244 g/mol. The van der Waals surface area contributed by atoms with Gasteiger partial charge in [0.2, 0.25) is 0 Å². The number of carbonyl (C=O) groups is 1. The van der Waals surface area contributed by atoms with E-state index in [-0.39, 0.29) is 5.92 Å². The van der Waals surface area contributed by atoms with Crippen LogP contribution in [0, 0.1) is 5.92 Å². The second-order valence-electron chi connectivity index (χ2n) is 4.78. The van der Waals surface area contributed by atoms with Gasteiger partial charge >= 0.3 is 5.97 Å². The highest BCUT2D eigenvalue weighted by Crippen LogP contribution is 2.09. The van der Waals surface area contributed by atoms with Gasteiger partial charge in [0, 0.05) is 32.8 Å². The Morgan fingerprint density at radius 2 is 2.41 bits per heavy atom. The summed E-state index contributed by atoms with van der Waals surface area (Å²) in [5.41, 5.74) is 0. The minimum absolute atomic E-state index is 0.326. The molecule has 1 aliphatic heterocycles. The fraction of sp³-hybridized carbons (Fsp3) is 0.917. The average Bonchev–Trinajstić information content (AvgIpc) is 2.78. The second kappa shape index (κ2) is 7.63. The van der Waals surface area contributed by atoms with Gasteiger partial charge in [-0.25, -0.2) is 0 Å². The lowest BCUT2D eigenvalue weighted by Gasteiger charge is -2.26. The molecule has 1 rings (SSSR count). The third kappa shape index (κ3) is 5.48. The van der Waals surface area contributed by atoms with Crippen molar-refractivity contribution < 1.29 is 14.6 Å². The molecular formula is C12H24N2O3. The Kier molecular flexibility index (Phi) is 6.47. The molecule has 100 valence electrons. The summed E-state index contributed by atoms with van der Waals surface area (Å²) in [5, 5.41) is 12.4. The summed E-state index contributed by atoms with van der Waals surface area (Å²) in [4.78, 5) is 13.1. The van der Waals surface area contributed by atoms with Gasteiger partial charge in [0.15, 0.2) is 0 Å². The summed E-state index contributed by atoms with van der Waals surface area (Å²) in [6.07, 6.45) is 2.40. The second-order valence-corrected chi connectivity index (χ2v) is 4.78. The van der Waals surface area contributed by atoms with E-state index < -0.39 is 5.97 Å². The summed E-state index contributed by atoms with van der Waals surface area (Å²) < 4.78 is 5.07. The highest BCUT2D eigenvalue weighted by Gasteiger charge is 2.21. The quantitative estimate of drug-likeness (QED) is 0.647. The van der Waals surface area contributed by atoms with Crippen molar-refractivity contribution >= 4 is 5.97 Å². The fourth-order valence-electron chi connectivity index (χ4n) is 2.17. The molecule has 1 saturated heterocycles. The summed E-state index contributed by atoms with van der Waals surface area (Å²) in [6, 6.07) is 0.507. The van der Waals surface area contributed by atoms with Gasteiger partial charge in [0.1, 0.15) is 0 Å². The van der Waals surface area contributed by atoms with Crippen LogP contribution in [0.4, 0.5) is 0 Å². The number of methoxy groups -OCH3 is 1. The molecule has 0 aromatic carbocycles.